The normalized spacial score (nSPS) is 19.2. The molecule has 1 aliphatic heterocycles. The lowest BCUT2D eigenvalue weighted by Crippen LogP contribution is -2.23. The minimum Gasteiger partial charge on any atom is -0.298 e. The van der Waals surface area contributed by atoms with E-state index in [1.54, 1.807) is 0 Å². The summed E-state index contributed by atoms with van der Waals surface area (Å²) in [6.07, 6.45) is 13.0. The summed E-state index contributed by atoms with van der Waals surface area (Å²) in [5.41, 5.74) is 0. The first-order chi connectivity index (χ1) is 8.25. The molecule has 0 aliphatic carbocycles. The van der Waals surface area contributed by atoms with Crippen molar-refractivity contribution in [3.05, 3.63) is 0 Å². The Labute approximate surface area is 109 Å². The predicted octanol–water partition coefficient (Wildman–Crippen LogP) is 4.86. The average molecular weight is 239 g/mol. The maximum absolute atomic E-state index is 2.59. The van der Waals surface area contributed by atoms with Crippen LogP contribution in [0.1, 0.15) is 78.6 Å². The third kappa shape index (κ3) is 7.08. The highest BCUT2D eigenvalue weighted by molar-refractivity contribution is 4.82. The van der Waals surface area contributed by atoms with Gasteiger partial charge in [0.2, 0.25) is 0 Å². The van der Waals surface area contributed by atoms with Crippen LogP contribution in [0.15, 0.2) is 0 Å². The van der Waals surface area contributed by atoms with E-state index in [9.17, 15) is 0 Å². The molecule has 1 fully saturated rings. The fourth-order valence-electron chi connectivity index (χ4n) is 2.67. The van der Waals surface area contributed by atoms with Gasteiger partial charge in [0.15, 0.2) is 0 Å². The monoisotopic (exact) mass is 239 g/mol. The molecule has 2 unspecified atom stereocenters. The van der Waals surface area contributed by atoms with Gasteiger partial charge in [-0.1, -0.05) is 65.2 Å². The molecule has 102 valence electrons. The van der Waals surface area contributed by atoms with E-state index in [1.165, 1.54) is 70.9 Å². The molecular formula is C16H33N. The molecule has 1 heterocycles. The molecule has 0 N–H and O–H groups in total. The SMILES string of the molecule is CCCCCCCCCCC(C)C(C)N1CC1. The quantitative estimate of drug-likeness (QED) is 0.368. The second-order valence-corrected chi connectivity index (χ2v) is 6.02. The molecule has 2 atom stereocenters. The summed E-state index contributed by atoms with van der Waals surface area (Å²) in [4.78, 5) is 2.59. The van der Waals surface area contributed by atoms with E-state index in [4.69, 9.17) is 0 Å². The molecule has 1 nitrogen and oxygen atoms in total. The molecule has 17 heavy (non-hydrogen) atoms. The van der Waals surface area contributed by atoms with E-state index in [2.05, 4.69) is 25.7 Å². The third-order valence-corrected chi connectivity index (χ3v) is 4.39. The van der Waals surface area contributed by atoms with Crippen LogP contribution in [0.25, 0.3) is 0 Å². The minimum absolute atomic E-state index is 0.833. The van der Waals surface area contributed by atoms with Gasteiger partial charge >= 0.3 is 0 Å². The lowest BCUT2D eigenvalue weighted by atomic mass is 9.96. The summed E-state index contributed by atoms with van der Waals surface area (Å²) in [6, 6.07) is 0.833. The molecule has 1 saturated heterocycles. The number of hydrogen-bond acceptors (Lipinski definition) is 1. The van der Waals surface area contributed by atoms with Gasteiger partial charge in [0.1, 0.15) is 0 Å². The Morgan fingerprint density at radius 2 is 1.35 bits per heavy atom. The average Bonchev–Trinajstić information content (AvgIpc) is 3.15. The van der Waals surface area contributed by atoms with E-state index < -0.39 is 0 Å². The van der Waals surface area contributed by atoms with Crippen molar-refractivity contribution in [2.24, 2.45) is 5.92 Å². The van der Waals surface area contributed by atoms with Crippen molar-refractivity contribution >= 4 is 0 Å². The van der Waals surface area contributed by atoms with Crippen LogP contribution in [0.3, 0.4) is 0 Å². The van der Waals surface area contributed by atoms with Gasteiger partial charge in [-0.25, -0.2) is 0 Å². The molecule has 0 aromatic rings. The van der Waals surface area contributed by atoms with Crippen molar-refractivity contribution in [3.63, 3.8) is 0 Å². The van der Waals surface area contributed by atoms with Gasteiger partial charge < -0.3 is 0 Å². The molecule has 0 radical (unpaired) electrons. The maximum atomic E-state index is 2.59. The summed E-state index contributed by atoms with van der Waals surface area (Å²) in [7, 11) is 0. The van der Waals surface area contributed by atoms with Crippen molar-refractivity contribution in [2.75, 3.05) is 13.1 Å². The summed E-state index contributed by atoms with van der Waals surface area (Å²) in [5, 5.41) is 0. The summed E-state index contributed by atoms with van der Waals surface area (Å²) in [5.74, 6) is 0.901. The third-order valence-electron chi connectivity index (χ3n) is 4.39. The summed E-state index contributed by atoms with van der Waals surface area (Å²) in [6.45, 7) is 9.83. The van der Waals surface area contributed by atoms with Crippen molar-refractivity contribution in [2.45, 2.75) is 84.6 Å². The van der Waals surface area contributed by atoms with Crippen molar-refractivity contribution in [1.82, 2.24) is 4.90 Å². The Kier molecular flexibility index (Phi) is 7.92. The Bertz CT molecular complexity index is 174. The number of hydrogen-bond donors (Lipinski definition) is 0. The van der Waals surface area contributed by atoms with Crippen molar-refractivity contribution < 1.29 is 0 Å². The Morgan fingerprint density at radius 3 is 1.88 bits per heavy atom. The zero-order valence-electron chi connectivity index (χ0n) is 12.4. The van der Waals surface area contributed by atoms with Crippen LogP contribution >= 0.6 is 0 Å². The zero-order valence-corrected chi connectivity index (χ0v) is 12.4. The van der Waals surface area contributed by atoms with Crippen LogP contribution in [0.5, 0.6) is 0 Å². The predicted molar refractivity (Wildman–Crippen MR) is 77.4 cm³/mol. The van der Waals surface area contributed by atoms with E-state index in [1.807, 2.05) is 0 Å². The minimum atomic E-state index is 0.833. The first-order valence-corrected chi connectivity index (χ1v) is 7.99. The van der Waals surface area contributed by atoms with Crippen molar-refractivity contribution in [1.29, 1.82) is 0 Å². The second kappa shape index (κ2) is 8.97. The highest BCUT2D eigenvalue weighted by atomic mass is 15.3. The van der Waals surface area contributed by atoms with E-state index >= 15 is 0 Å². The lowest BCUT2D eigenvalue weighted by Gasteiger charge is -2.20. The molecule has 0 spiro atoms. The smallest absolute Gasteiger partial charge is 0.0113 e. The molecule has 1 rings (SSSR count). The van der Waals surface area contributed by atoms with Gasteiger partial charge in [-0.3, -0.25) is 4.90 Å². The Balaban J connectivity index is 1.83. The largest absolute Gasteiger partial charge is 0.298 e. The zero-order chi connectivity index (χ0) is 12.5. The second-order valence-electron chi connectivity index (χ2n) is 6.02. The molecule has 0 aromatic carbocycles. The first-order valence-electron chi connectivity index (χ1n) is 7.99. The Hall–Kier alpha value is -0.0400. The van der Waals surface area contributed by atoms with Gasteiger partial charge in [0, 0.05) is 19.1 Å². The van der Waals surface area contributed by atoms with E-state index in [-0.39, 0.29) is 0 Å². The molecule has 0 bridgehead atoms. The van der Waals surface area contributed by atoms with Gasteiger partial charge in [0.25, 0.3) is 0 Å². The van der Waals surface area contributed by atoms with Gasteiger partial charge in [-0.2, -0.15) is 0 Å². The standard InChI is InChI=1S/C16H33N/c1-4-5-6-7-8-9-10-11-12-15(2)16(3)17-13-14-17/h15-16H,4-14H2,1-3H3. The fourth-order valence-corrected chi connectivity index (χ4v) is 2.67. The number of rotatable bonds is 11. The van der Waals surface area contributed by atoms with Gasteiger partial charge in [0.05, 0.1) is 0 Å². The van der Waals surface area contributed by atoms with Crippen LogP contribution in [0.2, 0.25) is 0 Å². The molecule has 1 aliphatic rings. The Morgan fingerprint density at radius 1 is 0.824 bits per heavy atom. The van der Waals surface area contributed by atoms with Crippen LogP contribution in [-0.4, -0.2) is 24.0 Å². The molecule has 0 amide bonds. The topological polar surface area (TPSA) is 3.01 Å². The van der Waals surface area contributed by atoms with Gasteiger partial charge in [-0.15, -0.1) is 0 Å². The molecular weight excluding hydrogens is 206 g/mol. The summed E-state index contributed by atoms with van der Waals surface area (Å²) >= 11 is 0. The van der Waals surface area contributed by atoms with E-state index in [0.29, 0.717) is 0 Å². The number of unbranched alkanes of at least 4 members (excludes halogenated alkanes) is 7. The maximum Gasteiger partial charge on any atom is 0.0113 e. The van der Waals surface area contributed by atoms with Crippen LogP contribution in [0.4, 0.5) is 0 Å². The van der Waals surface area contributed by atoms with Crippen LogP contribution in [0, 0.1) is 5.92 Å². The number of nitrogens with zero attached hydrogens (tertiary/aromatic N) is 1. The highest BCUT2D eigenvalue weighted by Crippen LogP contribution is 2.22. The fraction of sp³-hybridized carbons (Fsp3) is 1.00. The molecule has 0 aromatic heterocycles. The van der Waals surface area contributed by atoms with Crippen LogP contribution < -0.4 is 0 Å². The lowest BCUT2D eigenvalue weighted by molar-refractivity contribution is 0.295. The van der Waals surface area contributed by atoms with E-state index in [0.717, 1.165) is 12.0 Å². The molecule has 0 saturated carbocycles. The molecule has 1 heteroatoms. The summed E-state index contributed by atoms with van der Waals surface area (Å²) < 4.78 is 0. The van der Waals surface area contributed by atoms with Crippen LogP contribution in [-0.2, 0) is 0 Å². The first kappa shape index (κ1) is 15.0. The highest BCUT2D eigenvalue weighted by Gasteiger charge is 2.27. The van der Waals surface area contributed by atoms with Gasteiger partial charge in [-0.05, 0) is 19.3 Å². The van der Waals surface area contributed by atoms with Crippen molar-refractivity contribution in [3.8, 4) is 0 Å².